The zero-order chi connectivity index (χ0) is 18.2. The lowest BCUT2D eigenvalue weighted by Crippen LogP contribution is -2.46. The predicted molar refractivity (Wildman–Crippen MR) is 104 cm³/mol. The Morgan fingerprint density at radius 3 is 2.50 bits per heavy atom. The molecule has 1 fully saturated rings. The van der Waals surface area contributed by atoms with Crippen LogP contribution in [0.2, 0.25) is 0 Å². The van der Waals surface area contributed by atoms with Gasteiger partial charge < -0.3 is 16.0 Å². The molecule has 0 bridgehead atoms. The summed E-state index contributed by atoms with van der Waals surface area (Å²) >= 11 is 1.42. The van der Waals surface area contributed by atoms with Gasteiger partial charge >= 0.3 is 0 Å². The molecule has 0 aliphatic carbocycles. The number of hydrogen-bond donors (Lipinski definition) is 3. The fourth-order valence-corrected chi connectivity index (χ4v) is 3.46. The predicted octanol–water partition coefficient (Wildman–Crippen LogP) is 1.31. The maximum absolute atomic E-state index is 12.2. The summed E-state index contributed by atoms with van der Waals surface area (Å²) in [6.45, 7) is 6.06. The van der Waals surface area contributed by atoms with Gasteiger partial charge in [0.25, 0.3) is 11.8 Å². The Bertz CT molecular complexity index is 710. The number of thiophene rings is 1. The van der Waals surface area contributed by atoms with Crippen LogP contribution in [0.5, 0.6) is 0 Å². The SMILES string of the molecule is O=C(NCCN1CCNCC1)c1ccc(CNC(=O)c2cccs2)cc1. The van der Waals surface area contributed by atoms with E-state index >= 15 is 0 Å². The quantitative estimate of drug-likeness (QED) is 0.685. The zero-order valence-electron chi connectivity index (χ0n) is 14.7. The van der Waals surface area contributed by atoms with Gasteiger partial charge in [0.2, 0.25) is 0 Å². The first-order valence-electron chi connectivity index (χ1n) is 8.84. The maximum atomic E-state index is 12.2. The summed E-state index contributed by atoms with van der Waals surface area (Å²) in [5, 5.41) is 11.0. The van der Waals surface area contributed by atoms with Crippen molar-refractivity contribution in [2.75, 3.05) is 39.3 Å². The van der Waals surface area contributed by atoms with E-state index in [0.717, 1.165) is 38.3 Å². The first-order valence-corrected chi connectivity index (χ1v) is 9.72. The van der Waals surface area contributed by atoms with Crippen molar-refractivity contribution >= 4 is 23.2 Å². The Labute approximate surface area is 157 Å². The largest absolute Gasteiger partial charge is 0.351 e. The number of benzene rings is 1. The van der Waals surface area contributed by atoms with E-state index in [1.165, 1.54) is 11.3 Å². The Morgan fingerprint density at radius 1 is 1.04 bits per heavy atom. The van der Waals surface area contributed by atoms with Crippen molar-refractivity contribution in [3.63, 3.8) is 0 Å². The third-order valence-electron chi connectivity index (χ3n) is 4.34. The number of piperazine rings is 1. The van der Waals surface area contributed by atoms with Crippen LogP contribution in [-0.2, 0) is 6.54 Å². The molecule has 1 saturated heterocycles. The van der Waals surface area contributed by atoms with Crippen LogP contribution in [0, 0.1) is 0 Å². The molecule has 0 spiro atoms. The molecule has 1 aromatic carbocycles. The van der Waals surface area contributed by atoms with Gasteiger partial charge in [-0.25, -0.2) is 0 Å². The van der Waals surface area contributed by atoms with E-state index in [4.69, 9.17) is 0 Å². The average Bonchev–Trinajstić information content (AvgIpc) is 3.22. The highest BCUT2D eigenvalue weighted by Gasteiger charge is 2.10. The Morgan fingerprint density at radius 2 is 1.81 bits per heavy atom. The number of carbonyl (C=O) groups excluding carboxylic acids is 2. The van der Waals surface area contributed by atoms with E-state index in [1.807, 2.05) is 23.6 Å². The van der Waals surface area contributed by atoms with Gasteiger partial charge in [-0.05, 0) is 29.1 Å². The molecule has 3 N–H and O–H groups in total. The van der Waals surface area contributed by atoms with Gasteiger partial charge in [0, 0.05) is 51.4 Å². The van der Waals surface area contributed by atoms with Crippen molar-refractivity contribution in [2.24, 2.45) is 0 Å². The molecule has 1 aliphatic heterocycles. The number of hydrogen-bond acceptors (Lipinski definition) is 5. The first-order chi connectivity index (χ1) is 12.7. The van der Waals surface area contributed by atoms with E-state index in [-0.39, 0.29) is 11.8 Å². The van der Waals surface area contributed by atoms with Gasteiger partial charge in [0.1, 0.15) is 0 Å². The monoisotopic (exact) mass is 372 g/mol. The van der Waals surface area contributed by atoms with E-state index < -0.39 is 0 Å². The molecule has 0 radical (unpaired) electrons. The summed E-state index contributed by atoms with van der Waals surface area (Å²) in [6.07, 6.45) is 0. The van der Waals surface area contributed by atoms with Crippen molar-refractivity contribution in [1.82, 2.24) is 20.9 Å². The lowest BCUT2D eigenvalue weighted by molar-refractivity contribution is 0.0941. The minimum atomic E-state index is -0.0743. The van der Waals surface area contributed by atoms with E-state index in [9.17, 15) is 9.59 Å². The Hall–Kier alpha value is -2.22. The summed E-state index contributed by atoms with van der Waals surface area (Å²) in [5.41, 5.74) is 1.60. The molecule has 1 aliphatic rings. The fraction of sp³-hybridized carbons (Fsp3) is 0.368. The Kier molecular flexibility index (Phi) is 6.76. The summed E-state index contributed by atoms with van der Waals surface area (Å²) in [6, 6.07) is 11.0. The highest BCUT2D eigenvalue weighted by molar-refractivity contribution is 7.12. The molecule has 2 aromatic rings. The van der Waals surface area contributed by atoms with Crippen molar-refractivity contribution in [3.8, 4) is 0 Å². The fourth-order valence-electron chi connectivity index (χ4n) is 2.82. The molecule has 3 rings (SSSR count). The van der Waals surface area contributed by atoms with Crippen LogP contribution >= 0.6 is 11.3 Å². The minimum absolute atomic E-state index is 0.0608. The van der Waals surface area contributed by atoms with Crippen molar-refractivity contribution in [1.29, 1.82) is 0 Å². The second kappa shape index (κ2) is 9.47. The first kappa shape index (κ1) is 18.6. The molecule has 7 heteroatoms. The normalized spacial score (nSPS) is 14.8. The van der Waals surface area contributed by atoms with E-state index in [2.05, 4.69) is 20.9 Å². The highest BCUT2D eigenvalue weighted by atomic mass is 32.1. The molecule has 6 nitrogen and oxygen atoms in total. The molecule has 0 unspecified atom stereocenters. The van der Waals surface area contributed by atoms with Gasteiger partial charge in [-0.15, -0.1) is 11.3 Å². The molecule has 2 heterocycles. The molecule has 1 aromatic heterocycles. The lowest BCUT2D eigenvalue weighted by atomic mass is 10.1. The number of amides is 2. The van der Waals surface area contributed by atoms with Crippen molar-refractivity contribution in [3.05, 3.63) is 57.8 Å². The third-order valence-corrected chi connectivity index (χ3v) is 5.21. The van der Waals surface area contributed by atoms with Crippen molar-refractivity contribution < 1.29 is 9.59 Å². The second-order valence-electron chi connectivity index (χ2n) is 6.20. The summed E-state index contributed by atoms with van der Waals surface area (Å²) < 4.78 is 0. The highest BCUT2D eigenvalue weighted by Crippen LogP contribution is 2.09. The maximum Gasteiger partial charge on any atom is 0.261 e. The van der Waals surface area contributed by atoms with Gasteiger partial charge in [-0.1, -0.05) is 18.2 Å². The standard InChI is InChI=1S/C19H24N4O2S/c24-18(21-9-12-23-10-7-20-8-11-23)16-5-3-15(4-6-16)14-22-19(25)17-2-1-13-26-17/h1-6,13,20H,7-12,14H2,(H,21,24)(H,22,25). The van der Waals surface area contributed by atoms with Gasteiger partial charge in [0.15, 0.2) is 0 Å². The van der Waals surface area contributed by atoms with E-state index in [1.54, 1.807) is 18.2 Å². The van der Waals surface area contributed by atoms with Gasteiger partial charge in [-0.2, -0.15) is 0 Å². The van der Waals surface area contributed by atoms with Crippen LogP contribution in [0.3, 0.4) is 0 Å². The third kappa shape index (κ3) is 5.39. The summed E-state index contributed by atoms with van der Waals surface area (Å²) in [7, 11) is 0. The van der Waals surface area contributed by atoms with E-state index in [0.29, 0.717) is 23.5 Å². The smallest absolute Gasteiger partial charge is 0.261 e. The van der Waals surface area contributed by atoms with Crippen LogP contribution in [0.25, 0.3) is 0 Å². The molecular weight excluding hydrogens is 348 g/mol. The van der Waals surface area contributed by atoms with Crippen molar-refractivity contribution in [2.45, 2.75) is 6.54 Å². The molecule has 2 amide bonds. The summed E-state index contributed by atoms with van der Waals surface area (Å²) in [4.78, 5) is 27.2. The second-order valence-corrected chi connectivity index (χ2v) is 7.15. The molecule has 138 valence electrons. The number of carbonyl (C=O) groups is 2. The molecule has 26 heavy (non-hydrogen) atoms. The number of rotatable bonds is 7. The minimum Gasteiger partial charge on any atom is -0.351 e. The average molecular weight is 372 g/mol. The Balaban J connectivity index is 1.41. The van der Waals surface area contributed by atoms with Crippen LogP contribution in [0.1, 0.15) is 25.6 Å². The van der Waals surface area contributed by atoms with Crippen LogP contribution in [0.15, 0.2) is 41.8 Å². The zero-order valence-corrected chi connectivity index (χ0v) is 15.5. The topological polar surface area (TPSA) is 73.5 Å². The molecule has 0 atom stereocenters. The van der Waals surface area contributed by atoms with Crippen LogP contribution < -0.4 is 16.0 Å². The number of nitrogens with one attached hydrogen (secondary N) is 3. The van der Waals surface area contributed by atoms with Gasteiger partial charge in [0.05, 0.1) is 4.88 Å². The molecular formula is C19H24N4O2S. The van der Waals surface area contributed by atoms with Gasteiger partial charge in [-0.3, -0.25) is 14.5 Å². The number of nitrogens with zero attached hydrogens (tertiary/aromatic N) is 1. The molecule has 0 saturated carbocycles. The summed E-state index contributed by atoms with van der Waals surface area (Å²) in [5.74, 6) is -0.135. The van der Waals surface area contributed by atoms with Crippen LogP contribution in [0.4, 0.5) is 0 Å². The lowest BCUT2D eigenvalue weighted by Gasteiger charge is -2.27. The van der Waals surface area contributed by atoms with Crippen LogP contribution in [-0.4, -0.2) is 56.0 Å².